The van der Waals surface area contributed by atoms with E-state index in [1.54, 1.807) is 0 Å². The van der Waals surface area contributed by atoms with Crippen LogP contribution in [-0.4, -0.2) is 25.0 Å². The minimum Gasteiger partial charge on any atom is -0.356 e. The molecule has 1 saturated heterocycles. The van der Waals surface area contributed by atoms with Crippen molar-refractivity contribution in [2.45, 2.75) is 58.4 Å². The molecule has 0 aromatic rings. The Bertz CT molecular complexity index is 265. The Hall–Kier alpha value is -0.570. The van der Waals surface area contributed by atoms with Crippen LogP contribution in [0, 0.1) is 11.3 Å². The highest BCUT2D eigenvalue weighted by molar-refractivity contribution is 5.76. The minimum atomic E-state index is 0.241. The molecule has 2 rings (SSSR count). The highest BCUT2D eigenvalue weighted by Crippen LogP contribution is 2.51. The molecule has 2 N–H and O–H groups in total. The summed E-state index contributed by atoms with van der Waals surface area (Å²) in [5.74, 6) is 0.935. The summed E-state index contributed by atoms with van der Waals surface area (Å²) in [5.41, 5.74) is 0.432. The number of hydrogen-bond acceptors (Lipinski definition) is 2. The van der Waals surface area contributed by atoms with E-state index in [0.717, 1.165) is 19.5 Å². The van der Waals surface area contributed by atoms with Crippen LogP contribution in [0.3, 0.4) is 0 Å². The normalized spacial score (nSPS) is 26.2. The Kier molecular flexibility index (Phi) is 4.08. The van der Waals surface area contributed by atoms with Crippen LogP contribution in [0.4, 0.5) is 0 Å². The molecule has 0 spiro atoms. The van der Waals surface area contributed by atoms with E-state index >= 15 is 0 Å². The van der Waals surface area contributed by atoms with Gasteiger partial charge in [0.15, 0.2) is 0 Å². The van der Waals surface area contributed by atoms with Gasteiger partial charge in [-0.05, 0) is 50.0 Å². The van der Waals surface area contributed by atoms with E-state index in [0.29, 0.717) is 23.8 Å². The zero-order valence-electron chi connectivity index (χ0n) is 11.2. The van der Waals surface area contributed by atoms with E-state index in [9.17, 15) is 4.79 Å². The Morgan fingerprint density at radius 1 is 1.47 bits per heavy atom. The van der Waals surface area contributed by atoms with Gasteiger partial charge in [-0.1, -0.05) is 13.8 Å². The Labute approximate surface area is 105 Å². The number of hydrogen-bond donors (Lipinski definition) is 2. The third-order valence-electron chi connectivity index (χ3n) is 4.64. The van der Waals surface area contributed by atoms with Gasteiger partial charge in [0.05, 0.1) is 0 Å². The fourth-order valence-corrected chi connectivity index (χ4v) is 2.79. The van der Waals surface area contributed by atoms with Gasteiger partial charge < -0.3 is 10.6 Å². The summed E-state index contributed by atoms with van der Waals surface area (Å²) in [6, 6.07) is 0.584. The van der Waals surface area contributed by atoms with Crippen LogP contribution in [0.25, 0.3) is 0 Å². The summed E-state index contributed by atoms with van der Waals surface area (Å²) in [5, 5.41) is 6.56. The van der Waals surface area contributed by atoms with Gasteiger partial charge in [-0.3, -0.25) is 4.79 Å². The maximum atomic E-state index is 11.8. The van der Waals surface area contributed by atoms with Gasteiger partial charge in [0.25, 0.3) is 0 Å². The molecule has 1 atom stereocenters. The molecule has 1 heterocycles. The van der Waals surface area contributed by atoms with Crippen molar-refractivity contribution in [3.8, 4) is 0 Å². The number of carbonyl (C=O) groups is 1. The molecule has 98 valence electrons. The lowest BCUT2D eigenvalue weighted by Crippen LogP contribution is -2.33. The quantitative estimate of drug-likeness (QED) is 0.744. The first kappa shape index (κ1) is 12.9. The fourth-order valence-electron chi connectivity index (χ4n) is 2.79. The van der Waals surface area contributed by atoms with Crippen LogP contribution in [0.2, 0.25) is 0 Å². The smallest absolute Gasteiger partial charge is 0.220 e. The van der Waals surface area contributed by atoms with Crippen LogP contribution in [0.15, 0.2) is 0 Å². The molecule has 2 fully saturated rings. The lowest BCUT2D eigenvalue weighted by Gasteiger charge is -2.20. The third-order valence-corrected chi connectivity index (χ3v) is 4.64. The fraction of sp³-hybridized carbons (Fsp3) is 0.929. The average Bonchev–Trinajstić information content (AvgIpc) is 2.93. The molecule has 1 unspecified atom stereocenters. The van der Waals surface area contributed by atoms with Gasteiger partial charge in [0.1, 0.15) is 0 Å². The van der Waals surface area contributed by atoms with Crippen molar-refractivity contribution in [1.29, 1.82) is 0 Å². The zero-order chi connectivity index (χ0) is 12.3. The monoisotopic (exact) mass is 238 g/mol. The highest BCUT2D eigenvalue weighted by atomic mass is 16.1. The third kappa shape index (κ3) is 3.44. The van der Waals surface area contributed by atoms with E-state index in [1.165, 1.54) is 25.7 Å². The average molecular weight is 238 g/mol. The minimum absolute atomic E-state index is 0.241. The number of nitrogens with one attached hydrogen (secondary N) is 2. The van der Waals surface area contributed by atoms with Crippen molar-refractivity contribution < 1.29 is 4.79 Å². The van der Waals surface area contributed by atoms with Gasteiger partial charge >= 0.3 is 0 Å². The molecule has 1 aliphatic carbocycles. The second kappa shape index (κ2) is 5.38. The molecule has 3 nitrogen and oxygen atoms in total. The van der Waals surface area contributed by atoms with Crippen molar-refractivity contribution in [2.75, 3.05) is 13.1 Å². The van der Waals surface area contributed by atoms with Crippen LogP contribution < -0.4 is 10.6 Å². The van der Waals surface area contributed by atoms with E-state index in [2.05, 4.69) is 24.5 Å². The molecule has 0 aromatic carbocycles. The predicted octanol–water partition coefficient (Wildman–Crippen LogP) is 2.07. The van der Waals surface area contributed by atoms with Crippen LogP contribution in [0.5, 0.6) is 0 Å². The molecule has 3 heteroatoms. The second-order valence-electron chi connectivity index (χ2n) is 6.13. The molecule has 0 aromatic heterocycles. The van der Waals surface area contributed by atoms with Crippen molar-refractivity contribution in [3.63, 3.8) is 0 Å². The second-order valence-corrected chi connectivity index (χ2v) is 6.13. The van der Waals surface area contributed by atoms with Gasteiger partial charge in [-0.15, -0.1) is 0 Å². The predicted molar refractivity (Wildman–Crippen MR) is 69.8 cm³/mol. The SMILES string of the molecule is CC(C)C1(CNC(=O)CCC2CCCN2)CC1. The summed E-state index contributed by atoms with van der Waals surface area (Å²) in [7, 11) is 0. The first-order chi connectivity index (χ1) is 8.12. The highest BCUT2D eigenvalue weighted by Gasteiger charge is 2.45. The van der Waals surface area contributed by atoms with Gasteiger partial charge in [-0.2, -0.15) is 0 Å². The molecule has 17 heavy (non-hydrogen) atoms. The molecule has 0 bridgehead atoms. The van der Waals surface area contributed by atoms with E-state index in [4.69, 9.17) is 0 Å². The van der Waals surface area contributed by atoms with Gasteiger partial charge in [0.2, 0.25) is 5.91 Å². The van der Waals surface area contributed by atoms with Crippen molar-refractivity contribution in [3.05, 3.63) is 0 Å². The Balaban J connectivity index is 1.61. The summed E-state index contributed by atoms with van der Waals surface area (Å²) < 4.78 is 0. The first-order valence-electron chi connectivity index (χ1n) is 7.12. The summed E-state index contributed by atoms with van der Waals surface area (Å²) in [6.45, 7) is 6.55. The molecule has 1 saturated carbocycles. The standard InChI is InChI=1S/C14H26N2O/c1-11(2)14(7-8-14)10-16-13(17)6-5-12-4-3-9-15-12/h11-12,15H,3-10H2,1-2H3,(H,16,17). The molecular weight excluding hydrogens is 212 g/mol. The summed E-state index contributed by atoms with van der Waals surface area (Å²) in [6.07, 6.45) is 6.77. The van der Waals surface area contributed by atoms with Crippen molar-refractivity contribution in [1.82, 2.24) is 10.6 Å². The Morgan fingerprint density at radius 3 is 2.76 bits per heavy atom. The van der Waals surface area contributed by atoms with E-state index in [-0.39, 0.29) is 5.91 Å². The molecular formula is C14H26N2O. The summed E-state index contributed by atoms with van der Waals surface area (Å²) in [4.78, 5) is 11.8. The number of amides is 1. The maximum absolute atomic E-state index is 11.8. The van der Waals surface area contributed by atoms with Gasteiger partial charge in [0, 0.05) is 19.0 Å². The maximum Gasteiger partial charge on any atom is 0.220 e. The van der Waals surface area contributed by atoms with Crippen LogP contribution in [-0.2, 0) is 4.79 Å². The summed E-state index contributed by atoms with van der Waals surface area (Å²) >= 11 is 0. The zero-order valence-corrected chi connectivity index (χ0v) is 11.2. The van der Waals surface area contributed by atoms with Crippen molar-refractivity contribution >= 4 is 5.91 Å². The largest absolute Gasteiger partial charge is 0.356 e. The topological polar surface area (TPSA) is 41.1 Å². The van der Waals surface area contributed by atoms with Gasteiger partial charge in [-0.25, -0.2) is 0 Å². The van der Waals surface area contributed by atoms with Crippen LogP contribution >= 0.6 is 0 Å². The van der Waals surface area contributed by atoms with E-state index in [1.807, 2.05) is 0 Å². The van der Waals surface area contributed by atoms with Crippen LogP contribution in [0.1, 0.15) is 52.4 Å². The molecule has 0 radical (unpaired) electrons. The lowest BCUT2D eigenvalue weighted by atomic mass is 9.92. The molecule has 1 aliphatic heterocycles. The lowest BCUT2D eigenvalue weighted by molar-refractivity contribution is -0.121. The number of rotatable bonds is 6. The Morgan fingerprint density at radius 2 is 2.24 bits per heavy atom. The molecule has 2 aliphatic rings. The van der Waals surface area contributed by atoms with E-state index < -0.39 is 0 Å². The molecule has 1 amide bonds. The van der Waals surface area contributed by atoms with Crippen molar-refractivity contribution in [2.24, 2.45) is 11.3 Å². The number of carbonyl (C=O) groups excluding carboxylic acids is 1. The first-order valence-corrected chi connectivity index (χ1v) is 7.12.